The quantitative estimate of drug-likeness (QED) is 0.171. The molecule has 1 aliphatic carbocycles. The van der Waals surface area contributed by atoms with Crippen molar-refractivity contribution in [2.45, 2.75) is 19.3 Å². The molecular formula is C43H26N2. The Morgan fingerprint density at radius 1 is 0.422 bits per heavy atom. The Morgan fingerprint density at radius 2 is 1.00 bits per heavy atom. The third-order valence-electron chi connectivity index (χ3n) is 11.3. The van der Waals surface area contributed by atoms with Gasteiger partial charge in [-0.05, 0) is 63.4 Å². The van der Waals surface area contributed by atoms with Crippen LogP contribution in [0.15, 0.2) is 121 Å². The molecule has 4 aromatic heterocycles. The zero-order valence-electron chi connectivity index (χ0n) is 24.9. The summed E-state index contributed by atoms with van der Waals surface area (Å²) in [5.41, 5.74) is 13.4. The molecule has 0 aliphatic heterocycles. The Balaban J connectivity index is 1.29. The van der Waals surface area contributed by atoms with Gasteiger partial charge in [0.2, 0.25) is 0 Å². The van der Waals surface area contributed by atoms with Gasteiger partial charge in [-0.25, -0.2) is 0 Å². The van der Waals surface area contributed by atoms with Crippen molar-refractivity contribution in [2.24, 2.45) is 0 Å². The number of benzene rings is 7. The molecule has 0 fully saturated rings. The molecule has 0 amide bonds. The van der Waals surface area contributed by atoms with E-state index in [0.29, 0.717) is 0 Å². The van der Waals surface area contributed by atoms with Crippen LogP contribution >= 0.6 is 0 Å². The van der Waals surface area contributed by atoms with Gasteiger partial charge in [-0.3, -0.25) is 0 Å². The highest BCUT2D eigenvalue weighted by molar-refractivity contribution is 6.30. The van der Waals surface area contributed by atoms with Gasteiger partial charge in [-0.15, -0.1) is 0 Å². The first kappa shape index (κ1) is 22.9. The molecule has 1 aliphatic rings. The average molecular weight is 571 g/mol. The van der Waals surface area contributed by atoms with Crippen LogP contribution in [0, 0.1) is 0 Å². The third kappa shape index (κ3) is 2.41. The highest BCUT2D eigenvalue weighted by Crippen LogP contribution is 2.54. The number of para-hydroxylation sites is 2. The second kappa shape index (κ2) is 7.20. The van der Waals surface area contributed by atoms with E-state index in [0.717, 1.165) is 0 Å². The normalized spacial score (nSPS) is 14.6. The van der Waals surface area contributed by atoms with Crippen LogP contribution in [0.2, 0.25) is 0 Å². The van der Waals surface area contributed by atoms with Gasteiger partial charge < -0.3 is 8.80 Å². The van der Waals surface area contributed by atoms with Crippen molar-refractivity contribution in [1.82, 2.24) is 8.80 Å². The van der Waals surface area contributed by atoms with Crippen LogP contribution in [0.5, 0.6) is 0 Å². The molecule has 12 rings (SSSR count). The van der Waals surface area contributed by atoms with Gasteiger partial charge in [-0.1, -0.05) is 105 Å². The average Bonchev–Trinajstić information content (AvgIpc) is 3.83. The lowest BCUT2D eigenvalue weighted by molar-refractivity contribution is 0.666. The van der Waals surface area contributed by atoms with Crippen LogP contribution in [0.4, 0.5) is 0 Å². The zero-order chi connectivity index (χ0) is 29.3. The van der Waals surface area contributed by atoms with Crippen molar-refractivity contribution in [3.63, 3.8) is 0 Å². The first-order valence-corrected chi connectivity index (χ1v) is 16.0. The molecule has 0 saturated heterocycles. The highest BCUT2D eigenvalue weighted by atomic mass is 14.9. The summed E-state index contributed by atoms with van der Waals surface area (Å²) < 4.78 is 5.10. The summed E-state index contributed by atoms with van der Waals surface area (Å²) in [5, 5.41) is 13.3. The Labute approximate surface area is 258 Å². The van der Waals surface area contributed by atoms with Crippen molar-refractivity contribution in [3.8, 4) is 11.1 Å². The van der Waals surface area contributed by atoms with Gasteiger partial charge in [0.05, 0.1) is 33.1 Å². The fourth-order valence-electron chi connectivity index (χ4n) is 9.49. The van der Waals surface area contributed by atoms with Gasteiger partial charge in [0.25, 0.3) is 0 Å². The van der Waals surface area contributed by atoms with E-state index in [2.05, 4.69) is 144 Å². The van der Waals surface area contributed by atoms with E-state index < -0.39 is 0 Å². The molecular weight excluding hydrogens is 544 g/mol. The fourth-order valence-corrected chi connectivity index (χ4v) is 9.49. The van der Waals surface area contributed by atoms with Crippen molar-refractivity contribution in [2.75, 3.05) is 0 Å². The molecule has 2 heteroatoms. The van der Waals surface area contributed by atoms with Gasteiger partial charge in [0.15, 0.2) is 0 Å². The van der Waals surface area contributed by atoms with E-state index in [9.17, 15) is 0 Å². The van der Waals surface area contributed by atoms with Crippen molar-refractivity contribution in [3.05, 3.63) is 132 Å². The standard InChI is InChI=1S/C43H26N2/c1-43(2)34-16-6-5-11-25(34)26-17-18-35-39(40(26)43)30-15-8-14-29-33-21-32-28-13-7-12-27-31-19-23-9-3-4-10-24(23)20-36(31)45(41(27)28)38(32)22-37(33)44(35)42(29)30/h3-22H,1-2H3. The first-order valence-electron chi connectivity index (χ1n) is 16.0. The van der Waals surface area contributed by atoms with Crippen molar-refractivity contribution < 1.29 is 0 Å². The molecule has 0 radical (unpaired) electrons. The SMILES string of the molecule is CC1(C)c2ccccc2-c2ccc3c(c21)c1cccc2c4cc5c6cccc7c8cc9ccccc9cc8n(c5cc4n3c21)c76. The zero-order valence-corrected chi connectivity index (χ0v) is 24.9. The number of aromatic nitrogens is 2. The van der Waals surface area contributed by atoms with E-state index >= 15 is 0 Å². The summed E-state index contributed by atoms with van der Waals surface area (Å²) in [5.74, 6) is 0. The van der Waals surface area contributed by atoms with Crippen LogP contribution < -0.4 is 0 Å². The summed E-state index contributed by atoms with van der Waals surface area (Å²) >= 11 is 0. The smallest absolute Gasteiger partial charge is 0.0620 e. The van der Waals surface area contributed by atoms with Crippen LogP contribution in [0.1, 0.15) is 25.0 Å². The third-order valence-corrected chi connectivity index (χ3v) is 11.3. The van der Waals surface area contributed by atoms with Crippen LogP contribution in [0.3, 0.4) is 0 Å². The summed E-state index contributed by atoms with van der Waals surface area (Å²) in [7, 11) is 0. The van der Waals surface area contributed by atoms with E-state index in [1.165, 1.54) is 109 Å². The van der Waals surface area contributed by atoms with Gasteiger partial charge >= 0.3 is 0 Å². The summed E-state index contributed by atoms with van der Waals surface area (Å²) in [4.78, 5) is 0. The molecule has 7 aromatic carbocycles. The first-order chi connectivity index (χ1) is 22.1. The number of nitrogens with zero attached hydrogens (tertiary/aromatic N) is 2. The molecule has 0 spiro atoms. The minimum absolute atomic E-state index is 0.0689. The van der Waals surface area contributed by atoms with Gasteiger partial charge in [-0.2, -0.15) is 0 Å². The minimum atomic E-state index is -0.0689. The molecule has 4 heterocycles. The number of hydrogen-bond donors (Lipinski definition) is 0. The van der Waals surface area contributed by atoms with E-state index in [1.807, 2.05) is 0 Å². The van der Waals surface area contributed by atoms with E-state index in [1.54, 1.807) is 0 Å². The van der Waals surface area contributed by atoms with Crippen molar-refractivity contribution in [1.29, 1.82) is 0 Å². The fraction of sp³-hybridized carbons (Fsp3) is 0.0698. The van der Waals surface area contributed by atoms with Gasteiger partial charge in [0, 0.05) is 48.5 Å². The summed E-state index contributed by atoms with van der Waals surface area (Å²) in [6.45, 7) is 4.81. The number of hydrogen-bond acceptors (Lipinski definition) is 0. The Bertz CT molecular complexity index is 3110. The second-order valence-corrected chi connectivity index (χ2v) is 13.7. The van der Waals surface area contributed by atoms with E-state index in [-0.39, 0.29) is 5.41 Å². The molecule has 0 bridgehead atoms. The summed E-state index contributed by atoms with van der Waals surface area (Å²) in [6.07, 6.45) is 0. The predicted molar refractivity (Wildman–Crippen MR) is 191 cm³/mol. The molecule has 0 atom stereocenters. The Kier molecular flexibility index (Phi) is 3.66. The summed E-state index contributed by atoms with van der Waals surface area (Å²) in [6, 6.07) is 46.0. The lowest BCUT2D eigenvalue weighted by Crippen LogP contribution is -2.15. The topological polar surface area (TPSA) is 8.82 Å². The monoisotopic (exact) mass is 570 g/mol. The van der Waals surface area contributed by atoms with Crippen molar-refractivity contribution >= 4 is 87.0 Å². The van der Waals surface area contributed by atoms with E-state index in [4.69, 9.17) is 0 Å². The molecule has 45 heavy (non-hydrogen) atoms. The highest BCUT2D eigenvalue weighted by Gasteiger charge is 2.38. The molecule has 2 nitrogen and oxygen atoms in total. The minimum Gasteiger partial charge on any atom is -0.308 e. The second-order valence-electron chi connectivity index (χ2n) is 13.7. The maximum Gasteiger partial charge on any atom is 0.0620 e. The lowest BCUT2D eigenvalue weighted by Gasteiger charge is -2.22. The predicted octanol–water partition coefficient (Wildman–Crippen LogP) is 11.4. The maximum atomic E-state index is 2.57. The molecule has 0 saturated carbocycles. The van der Waals surface area contributed by atoms with Crippen LogP contribution in [-0.2, 0) is 5.41 Å². The number of fused-ring (bicyclic) bond motifs is 17. The lowest BCUT2D eigenvalue weighted by atomic mass is 9.80. The van der Waals surface area contributed by atoms with Gasteiger partial charge in [0.1, 0.15) is 0 Å². The molecule has 0 unspecified atom stereocenters. The van der Waals surface area contributed by atoms with Crippen LogP contribution in [-0.4, -0.2) is 8.80 Å². The maximum absolute atomic E-state index is 2.57. The Morgan fingerprint density at radius 3 is 1.76 bits per heavy atom. The largest absolute Gasteiger partial charge is 0.308 e. The van der Waals surface area contributed by atoms with Crippen LogP contribution in [0.25, 0.3) is 98.1 Å². The molecule has 208 valence electrons. The molecule has 0 N–H and O–H groups in total. The number of rotatable bonds is 0. The molecule has 11 aromatic rings. The Hall–Kier alpha value is -5.60.